The van der Waals surface area contributed by atoms with Crippen molar-refractivity contribution in [1.29, 1.82) is 0 Å². The average molecular weight is 265 g/mol. The van der Waals surface area contributed by atoms with Gasteiger partial charge in [-0.05, 0) is 32.8 Å². The van der Waals surface area contributed by atoms with Gasteiger partial charge in [-0.2, -0.15) is 5.10 Å². The number of nitrogens with zero attached hydrogens (tertiary/aromatic N) is 2. The van der Waals surface area contributed by atoms with Crippen LogP contribution in [0.3, 0.4) is 0 Å². The lowest BCUT2D eigenvalue weighted by molar-refractivity contribution is 0.0860. The molecule has 1 amide bonds. The van der Waals surface area contributed by atoms with Crippen LogP contribution in [0.5, 0.6) is 0 Å². The summed E-state index contributed by atoms with van der Waals surface area (Å²) in [5.74, 6) is 0.102. The maximum absolute atomic E-state index is 12.3. The Morgan fingerprint density at radius 1 is 1.53 bits per heavy atom. The maximum atomic E-state index is 12.3. The van der Waals surface area contributed by atoms with Gasteiger partial charge >= 0.3 is 0 Å². The molecule has 19 heavy (non-hydrogen) atoms. The lowest BCUT2D eigenvalue weighted by Gasteiger charge is -2.30. The number of hydrogen-bond donors (Lipinski definition) is 2. The first-order chi connectivity index (χ1) is 9.13. The van der Waals surface area contributed by atoms with Crippen LogP contribution in [0.1, 0.15) is 56.1 Å². The molecule has 1 saturated carbocycles. The predicted molar refractivity (Wildman–Crippen MR) is 72.9 cm³/mol. The smallest absolute Gasteiger partial charge is 0.269 e. The number of rotatable bonds is 4. The second kappa shape index (κ2) is 6.19. The van der Waals surface area contributed by atoms with Gasteiger partial charge in [-0.25, -0.2) is 0 Å². The number of aliphatic hydroxyl groups excluding tert-OH is 1. The number of aromatic nitrogens is 2. The van der Waals surface area contributed by atoms with E-state index in [1.54, 1.807) is 16.9 Å². The normalized spacial score (nSPS) is 23.6. The van der Waals surface area contributed by atoms with E-state index in [-0.39, 0.29) is 30.5 Å². The van der Waals surface area contributed by atoms with Crippen molar-refractivity contribution in [3.8, 4) is 0 Å². The van der Waals surface area contributed by atoms with Gasteiger partial charge in [-0.3, -0.25) is 9.48 Å². The Bertz CT molecular complexity index is 428. The van der Waals surface area contributed by atoms with E-state index in [0.717, 1.165) is 25.7 Å². The van der Waals surface area contributed by atoms with Crippen LogP contribution in [0.25, 0.3) is 0 Å². The van der Waals surface area contributed by atoms with E-state index >= 15 is 0 Å². The molecule has 1 aromatic heterocycles. The highest BCUT2D eigenvalue weighted by Gasteiger charge is 2.27. The van der Waals surface area contributed by atoms with Gasteiger partial charge in [0.25, 0.3) is 5.91 Å². The number of nitrogens with one attached hydrogen (secondary N) is 1. The molecule has 0 aromatic carbocycles. The predicted octanol–water partition coefficient (Wildman–Crippen LogP) is 1.74. The molecule has 1 aliphatic rings. The summed E-state index contributed by atoms with van der Waals surface area (Å²) in [4.78, 5) is 12.3. The molecule has 2 atom stereocenters. The fourth-order valence-electron chi connectivity index (χ4n) is 2.76. The highest BCUT2D eigenvalue weighted by atomic mass is 16.3. The van der Waals surface area contributed by atoms with Gasteiger partial charge in [0.05, 0.1) is 0 Å². The van der Waals surface area contributed by atoms with E-state index < -0.39 is 0 Å². The molecule has 1 aromatic rings. The van der Waals surface area contributed by atoms with Crippen LogP contribution in [0.2, 0.25) is 0 Å². The molecule has 1 heterocycles. The zero-order valence-corrected chi connectivity index (χ0v) is 11.7. The minimum atomic E-state index is -0.0865. The summed E-state index contributed by atoms with van der Waals surface area (Å²) in [6.07, 6.45) is 5.85. The summed E-state index contributed by atoms with van der Waals surface area (Å²) in [7, 11) is 0. The van der Waals surface area contributed by atoms with Crippen molar-refractivity contribution in [2.75, 3.05) is 6.61 Å². The Morgan fingerprint density at radius 2 is 2.26 bits per heavy atom. The third-order valence-electron chi connectivity index (χ3n) is 3.85. The lowest BCUT2D eigenvalue weighted by atomic mass is 9.85. The molecule has 0 saturated heterocycles. The van der Waals surface area contributed by atoms with Crippen LogP contribution in [0.15, 0.2) is 12.3 Å². The highest BCUT2D eigenvalue weighted by molar-refractivity contribution is 5.92. The van der Waals surface area contributed by atoms with Crippen molar-refractivity contribution in [2.24, 2.45) is 5.92 Å². The molecule has 2 rings (SSSR count). The molecule has 1 fully saturated rings. The fourth-order valence-corrected chi connectivity index (χ4v) is 2.76. The Hall–Kier alpha value is -1.36. The van der Waals surface area contributed by atoms with Crippen molar-refractivity contribution in [3.63, 3.8) is 0 Å². The van der Waals surface area contributed by atoms with Crippen molar-refractivity contribution >= 4 is 5.91 Å². The summed E-state index contributed by atoms with van der Waals surface area (Å²) in [5.41, 5.74) is 0.595. The summed E-state index contributed by atoms with van der Waals surface area (Å²) >= 11 is 0. The molecule has 1 aliphatic carbocycles. The zero-order valence-electron chi connectivity index (χ0n) is 11.7. The summed E-state index contributed by atoms with van der Waals surface area (Å²) in [6, 6.07) is 1.99. The van der Waals surface area contributed by atoms with Gasteiger partial charge in [0.2, 0.25) is 0 Å². The number of carbonyl (C=O) groups excluding carboxylic acids is 1. The van der Waals surface area contributed by atoms with Crippen molar-refractivity contribution < 1.29 is 9.90 Å². The quantitative estimate of drug-likeness (QED) is 0.871. The Kier molecular flexibility index (Phi) is 4.58. The van der Waals surface area contributed by atoms with Gasteiger partial charge in [0.1, 0.15) is 5.69 Å². The Balaban J connectivity index is 2.05. The largest absolute Gasteiger partial charge is 0.396 e. The van der Waals surface area contributed by atoms with Gasteiger partial charge in [0, 0.05) is 30.8 Å². The highest BCUT2D eigenvalue weighted by Crippen LogP contribution is 2.24. The molecular weight excluding hydrogens is 242 g/mol. The molecule has 0 bridgehead atoms. The summed E-state index contributed by atoms with van der Waals surface area (Å²) < 4.78 is 1.73. The fraction of sp³-hybridized carbons (Fsp3) is 0.714. The second-order valence-corrected chi connectivity index (χ2v) is 5.56. The average Bonchev–Trinajstić information content (AvgIpc) is 2.88. The third kappa shape index (κ3) is 3.15. The molecule has 106 valence electrons. The molecule has 0 radical (unpaired) electrons. The second-order valence-electron chi connectivity index (χ2n) is 5.56. The van der Waals surface area contributed by atoms with Crippen LogP contribution in [0, 0.1) is 5.92 Å². The SMILES string of the molecule is CC(C)n1nccc1C(=O)NC1CCCCC1CO. The van der Waals surface area contributed by atoms with E-state index in [0.29, 0.717) is 5.69 Å². The molecule has 5 nitrogen and oxygen atoms in total. The molecule has 0 aliphatic heterocycles. The van der Waals surface area contributed by atoms with Gasteiger partial charge in [-0.1, -0.05) is 12.8 Å². The monoisotopic (exact) mass is 265 g/mol. The minimum absolute atomic E-state index is 0.0850. The van der Waals surface area contributed by atoms with E-state index in [1.807, 2.05) is 13.8 Å². The van der Waals surface area contributed by atoms with Crippen LogP contribution in [0.4, 0.5) is 0 Å². The molecule has 0 spiro atoms. The third-order valence-corrected chi connectivity index (χ3v) is 3.85. The molecule has 5 heteroatoms. The van der Waals surface area contributed by atoms with E-state index in [2.05, 4.69) is 10.4 Å². The number of hydrogen-bond acceptors (Lipinski definition) is 3. The van der Waals surface area contributed by atoms with Crippen LogP contribution in [-0.4, -0.2) is 33.4 Å². The molecule has 2 N–H and O–H groups in total. The van der Waals surface area contributed by atoms with Crippen molar-refractivity contribution in [3.05, 3.63) is 18.0 Å². The summed E-state index contributed by atoms with van der Waals surface area (Å²) in [5, 5.41) is 16.6. The Labute approximate surface area is 114 Å². The van der Waals surface area contributed by atoms with Gasteiger partial charge in [0.15, 0.2) is 0 Å². The topological polar surface area (TPSA) is 67.2 Å². The lowest BCUT2D eigenvalue weighted by Crippen LogP contribution is -2.44. The van der Waals surface area contributed by atoms with Crippen LogP contribution < -0.4 is 5.32 Å². The number of aliphatic hydroxyl groups is 1. The maximum Gasteiger partial charge on any atom is 0.269 e. The van der Waals surface area contributed by atoms with E-state index in [9.17, 15) is 9.90 Å². The van der Waals surface area contributed by atoms with Gasteiger partial charge in [-0.15, -0.1) is 0 Å². The zero-order chi connectivity index (χ0) is 13.8. The van der Waals surface area contributed by atoms with E-state index in [1.165, 1.54) is 0 Å². The number of carbonyl (C=O) groups is 1. The standard InChI is InChI=1S/C14H23N3O2/c1-10(2)17-13(7-8-15-17)14(19)16-12-6-4-3-5-11(12)9-18/h7-8,10-12,18H,3-6,9H2,1-2H3,(H,16,19). The first-order valence-electron chi connectivity index (χ1n) is 7.08. The van der Waals surface area contributed by atoms with Crippen molar-refractivity contribution in [2.45, 2.75) is 51.6 Å². The molecule has 2 unspecified atom stereocenters. The molecular formula is C14H23N3O2. The van der Waals surface area contributed by atoms with Crippen molar-refractivity contribution in [1.82, 2.24) is 15.1 Å². The number of amides is 1. The van der Waals surface area contributed by atoms with E-state index in [4.69, 9.17) is 0 Å². The summed E-state index contributed by atoms with van der Waals surface area (Å²) in [6.45, 7) is 4.15. The van der Waals surface area contributed by atoms with Crippen LogP contribution in [-0.2, 0) is 0 Å². The van der Waals surface area contributed by atoms with Gasteiger partial charge < -0.3 is 10.4 Å². The Morgan fingerprint density at radius 3 is 2.95 bits per heavy atom. The first-order valence-corrected chi connectivity index (χ1v) is 7.08. The minimum Gasteiger partial charge on any atom is -0.396 e. The van der Waals surface area contributed by atoms with Crippen LogP contribution >= 0.6 is 0 Å². The first kappa shape index (κ1) is 14.1.